The Labute approximate surface area is 101 Å². The van der Waals surface area contributed by atoms with Crippen molar-refractivity contribution >= 4 is 5.82 Å². The molecule has 1 aliphatic rings. The van der Waals surface area contributed by atoms with Gasteiger partial charge in [0, 0.05) is 25.8 Å². The lowest BCUT2D eigenvalue weighted by molar-refractivity contribution is 0.131. The number of rotatable bonds is 4. The van der Waals surface area contributed by atoms with Gasteiger partial charge in [-0.05, 0) is 19.8 Å². The minimum absolute atomic E-state index is 0.242. The third-order valence-electron chi connectivity index (χ3n) is 2.88. The highest BCUT2D eigenvalue weighted by Crippen LogP contribution is 2.18. The van der Waals surface area contributed by atoms with Gasteiger partial charge in [-0.3, -0.25) is 0 Å². The van der Waals surface area contributed by atoms with E-state index in [-0.39, 0.29) is 6.10 Å². The number of ether oxygens (including phenoxy) is 1. The summed E-state index contributed by atoms with van der Waals surface area (Å²) in [5, 5.41) is 9.64. The molecule has 1 atom stereocenters. The molecule has 5 nitrogen and oxygen atoms in total. The molecular weight excluding hydrogens is 218 g/mol. The van der Waals surface area contributed by atoms with Gasteiger partial charge in [0.25, 0.3) is 0 Å². The normalized spacial score (nSPS) is 20.6. The van der Waals surface area contributed by atoms with Gasteiger partial charge in [0.2, 0.25) is 0 Å². The number of anilines is 1. The molecule has 94 valence electrons. The highest BCUT2D eigenvalue weighted by molar-refractivity contribution is 5.39. The maximum absolute atomic E-state index is 9.64. The van der Waals surface area contributed by atoms with Gasteiger partial charge in [-0.1, -0.05) is 0 Å². The van der Waals surface area contributed by atoms with Crippen molar-refractivity contribution in [3.8, 4) is 0 Å². The largest absolute Gasteiger partial charge is 0.391 e. The molecule has 1 aromatic rings. The highest BCUT2D eigenvalue weighted by Gasteiger charge is 2.18. The van der Waals surface area contributed by atoms with E-state index in [4.69, 9.17) is 4.74 Å². The monoisotopic (exact) mass is 237 g/mol. The second-order valence-corrected chi connectivity index (χ2v) is 4.25. The van der Waals surface area contributed by atoms with E-state index in [0.717, 1.165) is 30.9 Å². The SMILES string of the molecule is CCOCc1cc(N2CCCC(O)C2)ncn1. The maximum Gasteiger partial charge on any atom is 0.132 e. The summed E-state index contributed by atoms with van der Waals surface area (Å²) in [4.78, 5) is 10.5. The number of hydrogen-bond acceptors (Lipinski definition) is 5. The van der Waals surface area contributed by atoms with Crippen molar-refractivity contribution in [1.82, 2.24) is 9.97 Å². The van der Waals surface area contributed by atoms with Gasteiger partial charge in [0.15, 0.2) is 0 Å². The Balaban J connectivity index is 2.04. The summed E-state index contributed by atoms with van der Waals surface area (Å²) in [5.41, 5.74) is 0.886. The molecule has 2 heterocycles. The van der Waals surface area contributed by atoms with Crippen LogP contribution in [0.2, 0.25) is 0 Å². The van der Waals surface area contributed by atoms with Crippen molar-refractivity contribution in [2.45, 2.75) is 32.5 Å². The molecule has 0 radical (unpaired) electrons. The lowest BCUT2D eigenvalue weighted by Crippen LogP contribution is -2.38. The Hall–Kier alpha value is -1.20. The Kier molecular flexibility index (Phi) is 4.28. The van der Waals surface area contributed by atoms with E-state index < -0.39 is 0 Å². The first-order valence-corrected chi connectivity index (χ1v) is 6.11. The first-order chi connectivity index (χ1) is 8.29. The van der Waals surface area contributed by atoms with E-state index in [9.17, 15) is 5.11 Å². The van der Waals surface area contributed by atoms with Crippen molar-refractivity contribution in [3.05, 3.63) is 18.1 Å². The molecule has 5 heteroatoms. The Morgan fingerprint density at radius 3 is 3.18 bits per heavy atom. The quantitative estimate of drug-likeness (QED) is 0.845. The summed E-state index contributed by atoms with van der Waals surface area (Å²) in [7, 11) is 0. The molecule has 1 unspecified atom stereocenters. The van der Waals surface area contributed by atoms with Crippen LogP contribution < -0.4 is 4.90 Å². The van der Waals surface area contributed by atoms with E-state index >= 15 is 0 Å². The standard InChI is InChI=1S/C12H19N3O2/c1-2-17-8-10-6-12(14-9-13-10)15-5-3-4-11(16)7-15/h6,9,11,16H,2-5,7-8H2,1H3. The summed E-state index contributed by atoms with van der Waals surface area (Å²) < 4.78 is 5.32. The van der Waals surface area contributed by atoms with Crippen LogP contribution in [-0.4, -0.2) is 40.9 Å². The molecule has 1 aliphatic heterocycles. The second kappa shape index (κ2) is 5.93. The van der Waals surface area contributed by atoms with Gasteiger partial charge in [-0.15, -0.1) is 0 Å². The van der Waals surface area contributed by atoms with Crippen LogP contribution >= 0.6 is 0 Å². The molecule has 0 saturated carbocycles. The topological polar surface area (TPSA) is 58.5 Å². The van der Waals surface area contributed by atoms with Crippen molar-refractivity contribution in [2.24, 2.45) is 0 Å². The third kappa shape index (κ3) is 3.38. The van der Waals surface area contributed by atoms with E-state index in [2.05, 4.69) is 14.9 Å². The van der Waals surface area contributed by atoms with Crippen LogP contribution in [0.25, 0.3) is 0 Å². The molecule has 1 N–H and O–H groups in total. The number of nitrogens with zero attached hydrogens (tertiary/aromatic N) is 3. The molecule has 0 aliphatic carbocycles. The number of hydrogen-bond donors (Lipinski definition) is 1. The van der Waals surface area contributed by atoms with Gasteiger partial charge >= 0.3 is 0 Å². The molecule has 1 fully saturated rings. The first-order valence-electron chi connectivity index (χ1n) is 6.11. The van der Waals surface area contributed by atoms with Crippen LogP contribution in [0, 0.1) is 0 Å². The second-order valence-electron chi connectivity index (χ2n) is 4.25. The lowest BCUT2D eigenvalue weighted by Gasteiger charge is -2.31. The van der Waals surface area contributed by atoms with Crippen molar-refractivity contribution in [1.29, 1.82) is 0 Å². The summed E-state index contributed by atoms with van der Waals surface area (Å²) >= 11 is 0. The fourth-order valence-corrected chi connectivity index (χ4v) is 2.01. The van der Waals surface area contributed by atoms with Crippen LogP contribution in [0.5, 0.6) is 0 Å². The number of aliphatic hydroxyl groups is 1. The molecule has 17 heavy (non-hydrogen) atoms. The van der Waals surface area contributed by atoms with Crippen LogP contribution in [0.1, 0.15) is 25.5 Å². The number of β-amino-alcohol motifs (C(OH)–C–C–N with tert-alkyl or cyclic N) is 1. The van der Waals surface area contributed by atoms with Gasteiger partial charge in [0.1, 0.15) is 12.1 Å². The minimum atomic E-state index is -0.242. The Morgan fingerprint density at radius 2 is 2.41 bits per heavy atom. The van der Waals surface area contributed by atoms with Crippen LogP contribution in [0.4, 0.5) is 5.82 Å². The molecule has 0 spiro atoms. The number of aromatic nitrogens is 2. The van der Waals surface area contributed by atoms with Crippen molar-refractivity contribution in [3.63, 3.8) is 0 Å². The Bertz CT molecular complexity index is 359. The van der Waals surface area contributed by atoms with Crippen LogP contribution in [-0.2, 0) is 11.3 Å². The molecular formula is C12H19N3O2. The molecule has 1 saturated heterocycles. The fraction of sp³-hybridized carbons (Fsp3) is 0.667. The van der Waals surface area contributed by atoms with E-state index in [1.165, 1.54) is 0 Å². The molecule has 0 aromatic carbocycles. The summed E-state index contributed by atoms with van der Waals surface area (Å²) in [6.07, 6.45) is 3.21. The predicted octanol–water partition coefficient (Wildman–Crippen LogP) is 0.974. The van der Waals surface area contributed by atoms with E-state index in [1.54, 1.807) is 6.33 Å². The van der Waals surface area contributed by atoms with E-state index in [1.807, 2.05) is 13.0 Å². The minimum Gasteiger partial charge on any atom is -0.391 e. The highest BCUT2D eigenvalue weighted by atomic mass is 16.5. The van der Waals surface area contributed by atoms with Crippen LogP contribution in [0.15, 0.2) is 12.4 Å². The zero-order chi connectivity index (χ0) is 12.1. The van der Waals surface area contributed by atoms with Crippen molar-refractivity contribution < 1.29 is 9.84 Å². The third-order valence-corrected chi connectivity index (χ3v) is 2.88. The van der Waals surface area contributed by atoms with Gasteiger partial charge < -0.3 is 14.7 Å². The van der Waals surface area contributed by atoms with Gasteiger partial charge in [0.05, 0.1) is 18.4 Å². The maximum atomic E-state index is 9.64. The average Bonchev–Trinajstić information content (AvgIpc) is 2.37. The predicted molar refractivity (Wildman–Crippen MR) is 64.8 cm³/mol. The molecule has 0 bridgehead atoms. The van der Waals surface area contributed by atoms with Crippen LogP contribution in [0.3, 0.4) is 0 Å². The number of aliphatic hydroxyl groups excluding tert-OH is 1. The zero-order valence-corrected chi connectivity index (χ0v) is 10.2. The lowest BCUT2D eigenvalue weighted by atomic mass is 10.1. The van der Waals surface area contributed by atoms with E-state index in [0.29, 0.717) is 19.8 Å². The van der Waals surface area contributed by atoms with Gasteiger partial charge in [-0.2, -0.15) is 0 Å². The smallest absolute Gasteiger partial charge is 0.132 e. The Morgan fingerprint density at radius 1 is 1.53 bits per heavy atom. The average molecular weight is 237 g/mol. The summed E-state index contributed by atoms with van der Waals surface area (Å²) in [5.74, 6) is 0.883. The van der Waals surface area contributed by atoms with Gasteiger partial charge in [-0.25, -0.2) is 9.97 Å². The number of piperidine rings is 1. The fourth-order valence-electron chi connectivity index (χ4n) is 2.01. The van der Waals surface area contributed by atoms with Crippen molar-refractivity contribution in [2.75, 3.05) is 24.6 Å². The molecule has 2 rings (SSSR count). The molecule has 0 amide bonds. The first kappa shape index (κ1) is 12.3. The summed E-state index contributed by atoms with van der Waals surface area (Å²) in [6, 6.07) is 1.94. The molecule has 1 aromatic heterocycles. The summed E-state index contributed by atoms with van der Waals surface area (Å²) in [6.45, 7) is 4.76. The zero-order valence-electron chi connectivity index (χ0n) is 10.2.